The van der Waals surface area contributed by atoms with Crippen LogP contribution in [0.2, 0.25) is 0 Å². The molecule has 20 heavy (non-hydrogen) atoms. The second kappa shape index (κ2) is 4.63. The van der Waals surface area contributed by atoms with Gasteiger partial charge in [0.05, 0.1) is 11.1 Å². The molecule has 3 rings (SSSR count). The molecular formula is C14H18N6. The first-order chi connectivity index (χ1) is 9.56. The Labute approximate surface area is 117 Å². The van der Waals surface area contributed by atoms with E-state index in [9.17, 15) is 0 Å². The fourth-order valence-corrected chi connectivity index (χ4v) is 2.46. The second-order valence-electron chi connectivity index (χ2n) is 5.06. The third-order valence-electron chi connectivity index (χ3n) is 3.65. The molecule has 0 atom stereocenters. The predicted octanol–water partition coefficient (Wildman–Crippen LogP) is 2.23. The molecule has 6 nitrogen and oxygen atoms in total. The predicted molar refractivity (Wildman–Crippen MR) is 78.6 cm³/mol. The smallest absolute Gasteiger partial charge is 0.143 e. The van der Waals surface area contributed by atoms with Crippen LogP contribution in [-0.2, 0) is 13.6 Å². The molecule has 0 saturated heterocycles. The van der Waals surface area contributed by atoms with E-state index in [2.05, 4.69) is 38.4 Å². The lowest BCUT2D eigenvalue weighted by molar-refractivity contribution is 0.730. The largest absolute Gasteiger partial charge is 0.365 e. The van der Waals surface area contributed by atoms with Crippen molar-refractivity contribution in [2.45, 2.75) is 27.3 Å². The Morgan fingerprint density at radius 1 is 1.25 bits per heavy atom. The summed E-state index contributed by atoms with van der Waals surface area (Å²) in [5, 5.41) is 8.83. The zero-order valence-corrected chi connectivity index (χ0v) is 12.2. The summed E-state index contributed by atoms with van der Waals surface area (Å²) in [4.78, 5) is 11.8. The van der Waals surface area contributed by atoms with Gasteiger partial charge in [-0.1, -0.05) is 0 Å². The van der Waals surface area contributed by atoms with E-state index in [-0.39, 0.29) is 0 Å². The van der Waals surface area contributed by atoms with E-state index in [1.807, 2.05) is 25.6 Å². The maximum absolute atomic E-state index is 4.43. The van der Waals surface area contributed by atoms with Gasteiger partial charge in [0.1, 0.15) is 17.8 Å². The van der Waals surface area contributed by atoms with Gasteiger partial charge in [-0.25, -0.2) is 9.97 Å². The first kappa shape index (κ1) is 12.7. The minimum Gasteiger partial charge on any atom is -0.365 e. The number of nitrogens with one attached hydrogen (secondary N) is 2. The highest BCUT2D eigenvalue weighted by atomic mass is 15.3. The topological polar surface area (TPSA) is 71.4 Å². The first-order valence-corrected chi connectivity index (χ1v) is 6.59. The van der Waals surface area contributed by atoms with Crippen LogP contribution in [0, 0.1) is 20.8 Å². The van der Waals surface area contributed by atoms with Crippen molar-refractivity contribution in [1.29, 1.82) is 0 Å². The number of anilines is 1. The number of aromatic amines is 1. The van der Waals surface area contributed by atoms with Crippen LogP contribution < -0.4 is 5.32 Å². The summed E-state index contributed by atoms with van der Waals surface area (Å²) < 4.78 is 1.91. The summed E-state index contributed by atoms with van der Waals surface area (Å²) in [5.74, 6) is 0.849. The average molecular weight is 270 g/mol. The highest BCUT2D eigenvalue weighted by Crippen LogP contribution is 2.21. The summed E-state index contributed by atoms with van der Waals surface area (Å²) in [7, 11) is 1.96. The summed E-state index contributed by atoms with van der Waals surface area (Å²) in [6.45, 7) is 6.83. The van der Waals surface area contributed by atoms with E-state index in [4.69, 9.17) is 0 Å². The Bertz CT molecular complexity index is 767. The molecule has 0 aliphatic carbocycles. The Balaban J connectivity index is 1.90. The van der Waals surface area contributed by atoms with Crippen molar-refractivity contribution in [3.8, 4) is 0 Å². The Kier molecular flexibility index (Phi) is 2.93. The molecule has 0 radical (unpaired) electrons. The molecule has 0 aliphatic rings. The van der Waals surface area contributed by atoms with E-state index in [0.29, 0.717) is 6.54 Å². The minimum atomic E-state index is 0.710. The molecule has 104 valence electrons. The molecule has 0 spiro atoms. The fourth-order valence-electron chi connectivity index (χ4n) is 2.46. The molecule has 0 aliphatic heterocycles. The molecule has 3 aromatic heterocycles. The van der Waals surface area contributed by atoms with Crippen molar-refractivity contribution in [3.05, 3.63) is 35.0 Å². The lowest BCUT2D eigenvalue weighted by Crippen LogP contribution is -2.04. The zero-order valence-electron chi connectivity index (χ0n) is 12.2. The van der Waals surface area contributed by atoms with Gasteiger partial charge >= 0.3 is 0 Å². The van der Waals surface area contributed by atoms with E-state index in [0.717, 1.165) is 28.2 Å². The van der Waals surface area contributed by atoms with Crippen LogP contribution in [-0.4, -0.2) is 24.7 Å². The fraction of sp³-hybridized carbons (Fsp3) is 0.357. The molecule has 0 aromatic carbocycles. The van der Waals surface area contributed by atoms with Gasteiger partial charge < -0.3 is 10.3 Å². The SMILES string of the molecule is Cc1cc2c(NCc3c(C)nn(C)c3C)ncnc2[nH]1. The maximum Gasteiger partial charge on any atom is 0.143 e. The third kappa shape index (κ3) is 2.03. The van der Waals surface area contributed by atoms with Crippen LogP contribution >= 0.6 is 0 Å². The molecule has 3 heterocycles. The molecule has 0 bridgehead atoms. The van der Waals surface area contributed by atoms with Crippen molar-refractivity contribution >= 4 is 16.9 Å². The molecule has 6 heteroatoms. The number of rotatable bonds is 3. The van der Waals surface area contributed by atoms with Crippen molar-refractivity contribution < 1.29 is 0 Å². The summed E-state index contributed by atoms with van der Waals surface area (Å²) >= 11 is 0. The van der Waals surface area contributed by atoms with Gasteiger partial charge in [-0.2, -0.15) is 5.10 Å². The van der Waals surface area contributed by atoms with Gasteiger partial charge in [0.2, 0.25) is 0 Å². The standard InChI is InChI=1S/C14H18N6/c1-8-5-11-13(16-7-17-14(11)18-8)15-6-12-9(2)19-20(4)10(12)3/h5,7H,6H2,1-4H3,(H2,15,16,17,18). The maximum atomic E-state index is 4.43. The van der Waals surface area contributed by atoms with Crippen molar-refractivity contribution in [3.63, 3.8) is 0 Å². The Hall–Kier alpha value is -2.37. The molecule has 0 saturated carbocycles. The number of fused-ring (bicyclic) bond motifs is 1. The molecule has 0 fully saturated rings. The van der Waals surface area contributed by atoms with Crippen molar-refractivity contribution in [2.24, 2.45) is 7.05 Å². The summed E-state index contributed by atoms with van der Waals surface area (Å²) in [6.07, 6.45) is 1.57. The number of aryl methyl sites for hydroxylation is 3. The van der Waals surface area contributed by atoms with Gasteiger partial charge in [0, 0.05) is 30.5 Å². The van der Waals surface area contributed by atoms with Crippen LogP contribution in [0.1, 0.15) is 22.6 Å². The van der Waals surface area contributed by atoms with Gasteiger partial charge in [0.25, 0.3) is 0 Å². The van der Waals surface area contributed by atoms with Gasteiger partial charge in [-0.3, -0.25) is 4.68 Å². The summed E-state index contributed by atoms with van der Waals surface area (Å²) in [6, 6.07) is 2.06. The second-order valence-corrected chi connectivity index (χ2v) is 5.06. The highest BCUT2D eigenvalue weighted by Gasteiger charge is 2.11. The van der Waals surface area contributed by atoms with Crippen molar-refractivity contribution in [2.75, 3.05) is 5.32 Å². The van der Waals surface area contributed by atoms with Crippen LogP contribution in [0.5, 0.6) is 0 Å². The number of aromatic nitrogens is 5. The molecule has 2 N–H and O–H groups in total. The van der Waals surface area contributed by atoms with Gasteiger partial charge in [-0.15, -0.1) is 0 Å². The van der Waals surface area contributed by atoms with E-state index < -0.39 is 0 Å². The molecular weight excluding hydrogens is 252 g/mol. The number of nitrogens with zero attached hydrogens (tertiary/aromatic N) is 4. The lowest BCUT2D eigenvalue weighted by Gasteiger charge is -2.06. The first-order valence-electron chi connectivity index (χ1n) is 6.59. The average Bonchev–Trinajstić information content (AvgIpc) is 2.89. The van der Waals surface area contributed by atoms with Crippen molar-refractivity contribution in [1.82, 2.24) is 24.7 Å². The zero-order chi connectivity index (χ0) is 14.3. The molecule has 0 unspecified atom stereocenters. The third-order valence-corrected chi connectivity index (χ3v) is 3.65. The Morgan fingerprint density at radius 3 is 2.75 bits per heavy atom. The number of H-pyrrole nitrogens is 1. The van der Waals surface area contributed by atoms with Crippen LogP contribution in [0.25, 0.3) is 11.0 Å². The normalized spacial score (nSPS) is 11.2. The van der Waals surface area contributed by atoms with E-state index >= 15 is 0 Å². The Morgan fingerprint density at radius 2 is 2.05 bits per heavy atom. The number of hydrogen-bond acceptors (Lipinski definition) is 4. The van der Waals surface area contributed by atoms with Crippen LogP contribution in [0.15, 0.2) is 12.4 Å². The van der Waals surface area contributed by atoms with E-state index in [1.54, 1.807) is 6.33 Å². The van der Waals surface area contributed by atoms with Gasteiger partial charge in [0.15, 0.2) is 0 Å². The molecule has 3 aromatic rings. The quantitative estimate of drug-likeness (QED) is 0.765. The molecule has 0 amide bonds. The van der Waals surface area contributed by atoms with Gasteiger partial charge in [-0.05, 0) is 26.8 Å². The lowest BCUT2D eigenvalue weighted by atomic mass is 10.2. The highest BCUT2D eigenvalue weighted by molar-refractivity contribution is 5.87. The van der Waals surface area contributed by atoms with Crippen LogP contribution in [0.4, 0.5) is 5.82 Å². The van der Waals surface area contributed by atoms with E-state index in [1.165, 1.54) is 11.3 Å². The number of hydrogen-bond donors (Lipinski definition) is 2. The monoisotopic (exact) mass is 270 g/mol. The summed E-state index contributed by atoms with van der Waals surface area (Å²) in [5.41, 5.74) is 5.38. The minimum absolute atomic E-state index is 0.710. The van der Waals surface area contributed by atoms with Crippen LogP contribution in [0.3, 0.4) is 0 Å².